The first-order valence-corrected chi connectivity index (χ1v) is 12.8. The van der Waals surface area contributed by atoms with Gasteiger partial charge < -0.3 is 14.7 Å². The van der Waals surface area contributed by atoms with Crippen LogP contribution in [-0.2, 0) is 9.59 Å². The molecule has 0 aromatic heterocycles. The second-order valence-electron chi connectivity index (χ2n) is 10.3. The molecule has 4 aliphatic heterocycles. The third-order valence-electron chi connectivity index (χ3n) is 8.00. The van der Waals surface area contributed by atoms with Gasteiger partial charge in [-0.25, -0.2) is 0 Å². The Labute approximate surface area is 188 Å². The molecule has 0 aromatic carbocycles. The maximum Gasteiger partial charge on any atom is 0.236 e. The molecule has 0 aromatic rings. The van der Waals surface area contributed by atoms with Gasteiger partial charge in [-0.3, -0.25) is 19.4 Å². The largest absolute Gasteiger partial charge is 0.342 e. The summed E-state index contributed by atoms with van der Waals surface area (Å²) >= 11 is 0. The summed E-state index contributed by atoms with van der Waals surface area (Å²) in [4.78, 5) is 37.3. The van der Waals surface area contributed by atoms with Crippen molar-refractivity contribution in [3.05, 3.63) is 0 Å². The summed E-state index contributed by atoms with van der Waals surface area (Å²) in [5.74, 6) is 0.726. The molecular formula is C24H43N5O2. The smallest absolute Gasteiger partial charge is 0.236 e. The monoisotopic (exact) mass is 433 g/mol. The van der Waals surface area contributed by atoms with Crippen LogP contribution in [0.4, 0.5) is 0 Å². The van der Waals surface area contributed by atoms with E-state index < -0.39 is 0 Å². The van der Waals surface area contributed by atoms with Crippen LogP contribution >= 0.6 is 0 Å². The van der Waals surface area contributed by atoms with Gasteiger partial charge in [-0.15, -0.1) is 0 Å². The molecule has 0 aliphatic carbocycles. The van der Waals surface area contributed by atoms with Gasteiger partial charge in [0.05, 0.1) is 6.54 Å². The summed E-state index contributed by atoms with van der Waals surface area (Å²) in [6.07, 6.45) is 9.09. The summed E-state index contributed by atoms with van der Waals surface area (Å²) < 4.78 is 0. The molecule has 31 heavy (non-hydrogen) atoms. The number of likely N-dealkylation sites (tertiary alicyclic amines) is 3. The highest BCUT2D eigenvalue weighted by Crippen LogP contribution is 2.22. The van der Waals surface area contributed by atoms with Crippen LogP contribution in [0.25, 0.3) is 0 Å². The highest BCUT2D eigenvalue weighted by Gasteiger charge is 2.32. The Balaban J connectivity index is 1.16. The lowest BCUT2D eigenvalue weighted by atomic mass is 9.95. The van der Waals surface area contributed by atoms with Crippen molar-refractivity contribution in [3.63, 3.8) is 0 Å². The Morgan fingerprint density at radius 1 is 0.710 bits per heavy atom. The van der Waals surface area contributed by atoms with E-state index in [1.165, 1.54) is 38.8 Å². The first-order chi connectivity index (χ1) is 15.1. The van der Waals surface area contributed by atoms with Crippen LogP contribution in [0.3, 0.4) is 0 Å². The number of hydrogen-bond acceptors (Lipinski definition) is 5. The normalized spacial score (nSPS) is 28.5. The topological polar surface area (TPSA) is 50.3 Å². The minimum Gasteiger partial charge on any atom is -0.342 e. The molecule has 0 bridgehead atoms. The van der Waals surface area contributed by atoms with Crippen LogP contribution in [0.15, 0.2) is 0 Å². The fourth-order valence-electron chi connectivity index (χ4n) is 5.94. The van der Waals surface area contributed by atoms with E-state index in [2.05, 4.69) is 26.6 Å². The molecule has 0 saturated carbocycles. The molecule has 7 nitrogen and oxygen atoms in total. The maximum absolute atomic E-state index is 12.9. The number of nitrogens with zero attached hydrogens (tertiary/aromatic N) is 5. The standard InChI is InChI=1S/C24H43N5O2/c1-25-10-6-7-22(19-25)27-17-15-26(16-18-27)20-23(30)28-13-8-21(9-14-28)24(31)29-11-4-2-3-5-12-29/h21-22H,2-20H2,1H3. The van der Waals surface area contributed by atoms with Crippen molar-refractivity contribution < 1.29 is 9.59 Å². The maximum atomic E-state index is 12.9. The van der Waals surface area contributed by atoms with Crippen LogP contribution in [0.2, 0.25) is 0 Å². The third kappa shape index (κ3) is 6.20. The molecule has 1 unspecified atom stereocenters. The second kappa shape index (κ2) is 11.1. The van der Waals surface area contributed by atoms with Gasteiger partial charge in [-0.1, -0.05) is 12.8 Å². The van der Waals surface area contributed by atoms with Gasteiger partial charge in [-0.05, 0) is 52.1 Å². The number of carbonyl (C=O) groups is 2. The quantitative estimate of drug-likeness (QED) is 0.670. The van der Waals surface area contributed by atoms with E-state index in [-0.39, 0.29) is 11.8 Å². The number of rotatable bonds is 4. The average Bonchev–Trinajstić information content (AvgIpc) is 3.09. The van der Waals surface area contributed by atoms with Crippen LogP contribution in [0.1, 0.15) is 51.4 Å². The summed E-state index contributed by atoms with van der Waals surface area (Å²) in [5, 5.41) is 0. The summed E-state index contributed by atoms with van der Waals surface area (Å²) in [5.41, 5.74) is 0. The van der Waals surface area contributed by atoms with Gasteiger partial charge in [0.1, 0.15) is 0 Å². The second-order valence-corrected chi connectivity index (χ2v) is 10.3. The van der Waals surface area contributed by atoms with Gasteiger partial charge >= 0.3 is 0 Å². The molecule has 4 heterocycles. The van der Waals surface area contributed by atoms with E-state index in [4.69, 9.17) is 0 Å². The average molecular weight is 434 g/mol. The highest BCUT2D eigenvalue weighted by molar-refractivity contribution is 5.81. The predicted molar refractivity (Wildman–Crippen MR) is 123 cm³/mol. The molecule has 176 valence electrons. The minimum atomic E-state index is 0.124. The van der Waals surface area contributed by atoms with Crippen molar-refractivity contribution in [2.45, 2.75) is 57.4 Å². The molecule has 0 spiro atoms. The van der Waals surface area contributed by atoms with Gasteiger partial charge in [-0.2, -0.15) is 0 Å². The lowest BCUT2D eigenvalue weighted by molar-refractivity contribution is -0.141. The van der Waals surface area contributed by atoms with E-state index in [1.807, 2.05) is 4.90 Å². The van der Waals surface area contributed by atoms with Crippen molar-refractivity contribution in [2.24, 2.45) is 5.92 Å². The van der Waals surface area contributed by atoms with Gasteiger partial charge in [0.25, 0.3) is 0 Å². The minimum absolute atomic E-state index is 0.124. The van der Waals surface area contributed by atoms with Crippen molar-refractivity contribution in [2.75, 3.05) is 79.0 Å². The predicted octanol–water partition coefficient (Wildman–Crippen LogP) is 1.34. The Hall–Kier alpha value is -1.18. The molecular weight excluding hydrogens is 390 g/mol. The lowest BCUT2D eigenvalue weighted by Gasteiger charge is -2.43. The number of piperazine rings is 1. The van der Waals surface area contributed by atoms with Gasteiger partial charge in [0, 0.05) is 70.9 Å². The van der Waals surface area contributed by atoms with E-state index >= 15 is 0 Å². The number of carbonyl (C=O) groups excluding carboxylic acids is 2. The summed E-state index contributed by atoms with van der Waals surface area (Å²) in [6, 6.07) is 0.692. The third-order valence-corrected chi connectivity index (χ3v) is 8.00. The van der Waals surface area contributed by atoms with Crippen molar-refractivity contribution in [1.82, 2.24) is 24.5 Å². The van der Waals surface area contributed by atoms with Crippen LogP contribution < -0.4 is 0 Å². The molecule has 0 radical (unpaired) electrons. The number of likely N-dealkylation sites (N-methyl/N-ethyl adjacent to an activating group) is 1. The SMILES string of the molecule is CN1CCCC(N2CCN(CC(=O)N3CCC(C(=O)N4CCCCCC4)CC3)CC2)C1. The summed E-state index contributed by atoms with van der Waals surface area (Å²) in [6.45, 7) is 10.5. The first kappa shape index (κ1) is 23.0. The molecule has 2 amide bonds. The first-order valence-electron chi connectivity index (χ1n) is 12.8. The van der Waals surface area contributed by atoms with Crippen LogP contribution in [0.5, 0.6) is 0 Å². The van der Waals surface area contributed by atoms with E-state index in [0.717, 1.165) is 78.0 Å². The van der Waals surface area contributed by atoms with Crippen molar-refractivity contribution >= 4 is 11.8 Å². The van der Waals surface area contributed by atoms with Crippen LogP contribution in [0, 0.1) is 5.92 Å². The van der Waals surface area contributed by atoms with E-state index in [0.29, 0.717) is 18.5 Å². The molecule has 0 N–H and O–H groups in total. The molecule has 4 aliphatic rings. The Morgan fingerprint density at radius 3 is 2.03 bits per heavy atom. The fourth-order valence-corrected chi connectivity index (χ4v) is 5.94. The Morgan fingerprint density at radius 2 is 1.39 bits per heavy atom. The number of hydrogen-bond donors (Lipinski definition) is 0. The summed E-state index contributed by atoms with van der Waals surface area (Å²) in [7, 11) is 2.23. The van der Waals surface area contributed by atoms with Gasteiger partial charge in [0.15, 0.2) is 0 Å². The molecule has 7 heteroatoms. The zero-order chi connectivity index (χ0) is 21.6. The lowest BCUT2D eigenvalue weighted by Crippen LogP contribution is -2.56. The zero-order valence-electron chi connectivity index (χ0n) is 19.6. The molecule has 4 saturated heterocycles. The van der Waals surface area contributed by atoms with E-state index in [1.54, 1.807) is 0 Å². The van der Waals surface area contributed by atoms with Gasteiger partial charge in [0.2, 0.25) is 11.8 Å². The van der Waals surface area contributed by atoms with Crippen LogP contribution in [-0.4, -0.2) is 121 Å². The zero-order valence-corrected chi connectivity index (χ0v) is 19.6. The van der Waals surface area contributed by atoms with Crippen molar-refractivity contribution in [1.29, 1.82) is 0 Å². The fraction of sp³-hybridized carbons (Fsp3) is 0.917. The molecule has 4 fully saturated rings. The molecule has 4 rings (SSSR count). The van der Waals surface area contributed by atoms with E-state index in [9.17, 15) is 9.59 Å². The molecule has 1 atom stereocenters. The Kier molecular flexibility index (Phi) is 8.24. The Bertz CT molecular complexity index is 591. The number of piperidine rings is 2. The van der Waals surface area contributed by atoms with Crippen molar-refractivity contribution in [3.8, 4) is 0 Å². The number of amides is 2. The highest BCUT2D eigenvalue weighted by atomic mass is 16.2.